The average molecular weight is 276 g/mol. The highest BCUT2D eigenvalue weighted by Crippen LogP contribution is 2.58. The summed E-state index contributed by atoms with van der Waals surface area (Å²) in [5.41, 5.74) is -0.123. The molecule has 1 aliphatic heterocycles. The van der Waals surface area contributed by atoms with E-state index in [1.807, 2.05) is 0 Å². The van der Waals surface area contributed by atoms with Gasteiger partial charge in [0.25, 0.3) is 0 Å². The summed E-state index contributed by atoms with van der Waals surface area (Å²) in [4.78, 5) is 12.7. The van der Waals surface area contributed by atoms with E-state index in [4.69, 9.17) is 0 Å². The highest BCUT2D eigenvalue weighted by molar-refractivity contribution is 5.82. The van der Waals surface area contributed by atoms with Gasteiger partial charge in [0.15, 0.2) is 0 Å². The van der Waals surface area contributed by atoms with Crippen molar-refractivity contribution >= 4 is 5.91 Å². The third-order valence-electron chi connectivity index (χ3n) is 7.00. The summed E-state index contributed by atoms with van der Waals surface area (Å²) in [7, 11) is 0. The summed E-state index contributed by atoms with van der Waals surface area (Å²) in [6, 6.07) is 0.499. The maximum atomic E-state index is 12.7. The third kappa shape index (κ3) is 1.93. The smallest absolute Gasteiger partial charge is 0.226 e. The summed E-state index contributed by atoms with van der Waals surface area (Å²) in [5, 5.41) is 6.83. The highest BCUT2D eigenvalue weighted by Gasteiger charge is 2.54. The molecule has 0 spiro atoms. The fourth-order valence-corrected chi connectivity index (χ4v) is 5.78. The molecule has 5 atom stereocenters. The number of hydrogen-bond acceptors (Lipinski definition) is 2. The van der Waals surface area contributed by atoms with Crippen LogP contribution in [-0.2, 0) is 4.79 Å². The quantitative estimate of drug-likeness (QED) is 0.812. The van der Waals surface area contributed by atoms with Gasteiger partial charge in [-0.25, -0.2) is 0 Å². The van der Waals surface area contributed by atoms with E-state index in [1.54, 1.807) is 0 Å². The fourth-order valence-electron chi connectivity index (χ4n) is 5.78. The van der Waals surface area contributed by atoms with E-state index in [2.05, 4.69) is 17.6 Å². The molecule has 4 fully saturated rings. The van der Waals surface area contributed by atoms with Gasteiger partial charge in [0.1, 0.15) is 0 Å². The van der Waals surface area contributed by atoms with Crippen molar-refractivity contribution in [2.24, 2.45) is 29.1 Å². The Morgan fingerprint density at radius 2 is 1.85 bits per heavy atom. The van der Waals surface area contributed by atoms with Crippen molar-refractivity contribution in [2.45, 2.75) is 57.9 Å². The summed E-state index contributed by atoms with van der Waals surface area (Å²) < 4.78 is 0. The molecule has 4 aliphatic rings. The van der Waals surface area contributed by atoms with Crippen LogP contribution in [0, 0.1) is 29.1 Å². The van der Waals surface area contributed by atoms with Crippen LogP contribution < -0.4 is 10.6 Å². The number of carbonyl (C=O) groups excluding carboxylic acids is 1. The second-order valence-electron chi connectivity index (χ2n) is 8.04. The van der Waals surface area contributed by atoms with Crippen LogP contribution in [0.25, 0.3) is 0 Å². The number of carbonyl (C=O) groups is 1. The van der Waals surface area contributed by atoms with E-state index in [0.29, 0.717) is 11.9 Å². The van der Waals surface area contributed by atoms with Gasteiger partial charge >= 0.3 is 0 Å². The Kier molecular flexibility index (Phi) is 3.10. The standard InChI is InChI=1S/C17H28N2O/c1-17(5-7-18-8-6-17)16(20)19-15-10-11-9-14(15)13-4-2-3-12(11)13/h11-15,18H,2-10H2,1H3,(H,19,20). The molecule has 1 saturated heterocycles. The topological polar surface area (TPSA) is 41.1 Å². The molecule has 0 aromatic carbocycles. The van der Waals surface area contributed by atoms with Gasteiger partial charge in [-0.2, -0.15) is 0 Å². The first-order valence-electron chi connectivity index (χ1n) is 8.69. The first kappa shape index (κ1) is 13.1. The number of nitrogens with one attached hydrogen (secondary N) is 2. The fraction of sp³-hybridized carbons (Fsp3) is 0.941. The van der Waals surface area contributed by atoms with Gasteiger partial charge in [-0.1, -0.05) is 13.3 Å². The molecule has 1 heterocycles. The largest absolute Gasteiger partial charge is 0.353 e. The van der Waals surface area contributed by atoms with Crippen LogP contribution in [0.5, 0.6) is 0 Å². The molecule has 4 rings (SSSR count). The van der Waals surface area contributed by atoms with Crippen LogP contribution in [0.1, 0.15) is 51.9 Å². The summed E-state index contributed by atoms with van der Waals surface area (Å²) in [6.45, 7) is 4.14. The molecule has 0 radical (unpaired) electrons. The Hall–Kier alpha value is -0.570. The zero-order valence-corrected chi connectivity index (χ0v) is 12.7. The third-order valence-corrected chi connectivity index (χ3v) is 7.00. The summed E-state index contributed by atoms with van der Waals surface area (Å²) >= 11 is 0. The van der Waals surface area contributed by atoms with Crippen molar-refractivity contribution in [3.63, 3.8) is 0 Å². The Labute approximate surface area is 122 Å². The van der Waals surface area contributed by atoms with Gasteiger partial charge in [0.05, 0.1) is 0 Å². The van der Waals surface area contributed by atoms with Gasteiger partial charge < -0.3 is 10.6 Å². The van der Waals surface area contributed by atoms with E-state index in [-0.39, 0.29) is 5.41 Å². The van der Waals surface area contributed by atoms with Crippen molar-refractivity contribution < 1.29 is 4.79 Å². The van der Waals surface area contributed by atoms with Gasteiger partial charge in [-0.15, -0.1) is 0 Å². The maximum Gasteiger partial charge on any atom is 0.226 e. The van der Waals surface area contributed by atoms with E-state index < -0.39 is 0 Å². The van der Waals surface area contributed by atoms with Crippen LogP contribution in [0.2, 0.25) is 0 Å². The lowest BCUT2D eigenvalue weighted by Crippen LogP contribution is -2.51. The van der Waals surface area contributed by atoms with Crippen molar-refractivity contribution in [1.29, 1.82) is 0 Å². The Morgan fingerprint density at radius 3 is 2.65 bits per heavy atom. The monoisotopic (exact) mass is 276 g/mol. The van der Waals surface area contributed by atoms with Gasteiger partial charge in [0.2, 0.25) is 5.91 Å². The maximum absolute atomic E-state index is 12.7. The Bertz CT molecular complexity index is 402. The number of rotatable bonds is 2. The molecule has 112 valence electrons. The average Bonchev–Trinajstić information content (AvgIpc) is 3.11. The van der Waals surface area contributed by atoms with Crippen LogP contribution in [0.15, 0.2) is 0 Å². The number of amides is 1. The molecule has 1 amide bonds. The van der Waals surface area contributed by atoms with Crippen molar-refractivity contribution in [3.05, 3.63) is 0 Å². The first-order valence-corrected chi connectivity index (χ1v) is 8.69. The molecule has 2 N–H and O–H groups in total. The predicted octanol–water partition coefficient (Wildman–Crippen LogP) is 2.32. The van der Waals surface area contributed by atoms with E-state index in [9.17, 15) is 4.79 Å². The summed E-state index contributed by atoms with van der Waals surface area (Å²) in [5.74, 6) is 4.04. The second kappa shape index (κ2) is 4.72. The van der Waals surface area contributed by atoms with Crippen LogP contribution in [0.4, 0.5) is 0 Å². The molecule has 3 aliphatic carbocycles. The van der Waals surface area contributed by atoms with Crippen LogP contribution in [0.3, 0.4) is 0 Å². The van der Waals surface area contributed by atoms with Crippen LogP contribution >= 0.6 is 0 Å². The highest BCUT2D eigenvalue weighted by atomic mass is 16.2. The normalized spacial score (nSPS) is 45.4. The zero-order valence-electron chi connectivity index (χ0n) is 12.7. The lowest BCUT2D eigenvalue weighted by atomic mass is 9.77. The number of piperidine rings is 1. The zero-order chi connectivity index (χ0) is 13.7. The Balaban J connectivity index is 1.41. The molecule has 3 nitrogen and oxygen atoms in total. The minimum Gasteiger partial charge on any atom is -0.353 e. The van der Waals surface area contributed by atoms with Crippen LogP contribution in [-0.4, -0.2) is 25.0 Å². The molecule has 5 unspecified atom stereocenters. The molecule has 3 heteroatoms. The van der Waals surface area contributed by atoms with Crippen molar-refractivity contribution in [1.82, 2.24) is 10.6 Å². The van der Waals surface area contributed by atoms with Crippen molar-refractivity contribution in [3.8, 4) is 0 Å². The molecule has 20 heavy (non-hydrogen) atoms. The Morgan fingerprint density at radius 1 is 1.10 bits per heavy atom. The van der Waals surface area contributed by atoms with Gasteiger partial charge in [0, 0.05) is 11.5 Å². The SMILES string of the molecule is CC1(C(=O)NC2CC3CC2C2CCCC32)CCNCC1. The lowest BCUT2D eigenvalue weighted by Gasteiger charge is -2.37. The van der Waals surface area contributed by atoms with E-state index in [1.165, 1.54) is 32.1 Å². The number of fused-ring (bicyclic) bond motifs is 5. The van der Waals surface area contributed by atoms with E-state index in [0.717, 1.165) is 49.6 Å². The first-order chi connectivity index (χ1) is 9.67. The summed E-state index contributed by atoms with van der Waals surface area (Å²) in [6.07, 6.45) is 8.99. The predicted molar refractivity (Wildman–Crippen MR) is 79.2 cm³/mol. The molecule has 3 saturated carbocycles. The van der Waals surface area contributed by atoms with Gasteiger partial charge in [-0.3, -0.25) is 4.79 Å². The minimum atomic E-state index is -0.123. The minimum absolute atomic E-state index is 0.123. The van der Waals surface area contributed by atoms with E-state index >= 15 is 0 Å². The molecule has 0 aromatic rings. The number of hydrogen-bond donors (Lipinski definition) is 2. The van der Waals surface area contributed by atoms with Crippen molar-refractivity contribution in [2.75, 3.05) is 13.1 Å². The lowest BCUT2D eigenvalue weighted by molar-refractivity contribution is -0.132. The molecule has 0 aromatic heterocycles. The molecular formula is C17H28N2O. The molecule has 2 bridgehead atoms. The second-order valence-corrected chi connectivity index (χ2v) is 8.04. The van der Waals surface area contributed by atoms with Gasteiger partial charge in [-0.05, 0) is 75.3 Å². The molecular weight excluding hydrogens is 248 g/mol.